The summed E-state index contributed by atoms with van der Waals surface area (Å²) < 4.78 is 0. The maximum absolute atomic E-state index is 10.7. The van der Waals surface area contributed by atoms with Gasteiger partial charge >= 0.3 is 5.97 Å². The molecule has 4 nitrogen and oxygen atoms in total. The Bertz CT molecular complexity index is 989. The molecule has 2 saturated carbocycles. The molecule has 0 aliphatic heterocycles. The second kappa shape index (κ2) is 8.93. The van der Waals surface area contributed by atoms with E-state index in [9.17, 15) is 4.79 Å². The van der Waals surface area contributed by atoms with Crippen LogP contribution >= 0.6 is 0 Å². The number of nitrogens with zero attached hydrogens (tertiary/aromatic N) is 1. The predicted molar refractivity (Wildman–Crippen MR) is 125 cm³/mol. The van der Waals surface area contributed by atoms with Gasteiger partial charge in [0.05, 0.1) is 0 Å². The van der Waals surface area contributed by atoms with Crippen molar-refractivity contribution in [3.05, 3.63) is 83.4 Å². The van der Waals surface area contributed by atoms with Crippen LogP contribution in [0.1, 0.15) is 61.6 Å². The van der Waals surface area contributed by atoms with Gasteiger partial charge in [0, 0.05) is 35.2 Å². The van der Waals surface area contributed by atoms with E-state index in [1.165, 1.54) is 30.4 Å². The predicted octanol–water partition coefficient (Wildman–Crippen LogP) is 6.16. The Labute approximate surface area is 190 Å². The topological polar surface area (TPSA) is 58.9 Å². The minimum atomic E-state index is -0.714. The molecule has 3 aliphatic carbocycles. The van der Waals surface area contributed by atoms with E-state index in [2.05, 4.69) is 72.1 Å². The van der Waals surface area contributed by atoms with Crippen molar-refractivity contribution >= 4 is 12.2 Å². The molecule has 32 heavy (non-hydrogen) atoms. The molecule has 2 aromatic rings. The van der Waals surface area contributed by atoms with Crippen LogP contribution in [0, 0.1) is 23.7 Å². The summed E-state index contributed by atoms with van der Waals surface area (Å²) in [6.07, 6.45) is 13.3. The van der Waals surface area contributed by atoms with Crippen LogP contribution < -0.4 is 0 Å². The number of fused-ring (bicyclic) bond motifs is 3. The van der Waals surface area contributed by atoms with Crippen molar-refractivity contribution in [1.82, 2.24) is 0 Å². The number of aliphatic carboxylic acids is 1. The van der Waals surface area contributed by atoms with E-state index < -0.39 is 11.6 Å². The van der Waals surface area contributed by atoms with Gasteiger partial charge in [-0.15, -0.1) is 0 Å². The number of oxime groups is 1. The molecule has 2 bridgehead atoms. The molecule has 5 rings (SSSR count). The van der Waals surface area contributed by atoms with Gasteiger partial charge < -0.3 is 9.94 Å². The van der Waals surface area contributed by atoms with Gasteiger partial charge in [0.25, 0.3) is 0 Å². The van der Waals surface area contributed by atoms with Gasteiger partial charge in [-0.1, -0.05) is 71.9 Å². The summed E-state index contributed by atoms with van der Waals surface area (Å²) in [4.78, 5) is 16.9. The van der Waals surface area contributed by atoms with Crippen LogP contribution in [0.3, 0.4) is 0 Å². The highest BCUT2D eigenvalue weighted by molar-refractivity contribution is 5.67. The molecule has 0 radical (unpaired) electrons. The van der Waals surface area contributed by atoms with Crippen molar-refractivity contribution < 1.29 is 14.7 Å². The zero-order valence-corrected chi connectivity index (χ0v) is 18.4. The minimum absolute atomic E-state index is 0.247. The van der Waals surface area contributed by atoms with E-state index in [4.69, 9.17) is 9.94 Å². The molecule has 2 unspecified atom stereocenters. The number of carbonyl (C=O) groups is 1. The molecule has 0 amide bonds. The summed E-state index contributed by atoms with van der Waals surface area (Å²) in [5.74, 6) is 1.86. The van der Waals surface area contributed by atoms with Gasteiger partial charge in [0.15, 0.2) is 0 Å². The SMILES string of the molecule is O=C(O)CCC/C=C\CC1C(/C=N/OC2(c3ccccc3)c3ccccc32)[C@@H]2CC[C@H]1C2. The smallest absolute Gasteiger partial charge is 0.303 e. The molecule has 0 saturated heterocycles. The fourth-order valence-electron chi connectivity index (χ4n) is 6.11. The van der Waals surface area contributed by atoms with Crippen molar-refractivity contribution in [3.8, 4) is 0 Å². The van der Waals surface area contributed by atoms with Gasteiger partial charge in [0.2, 0.25) is 5.60 Å². The highest BCUT2D eigenvalue weighted by Crippen LogP contribution is 2.56. The van der Waals surface area contributed by atoms with Crippen molar-refractivity contribution in [2.75, 3.05) is 0 Å². The normalized spacial score (nSPS) is 27.1. The molecule has 0 spiro atoms. The Hall–Kier alpha value is -2.88. The highest BCUT2D eigenvalue weighted by atomic mass is 16.7. The number of carboxylic acids is 1. The average molecular weight is 430 g/mol. The first kappa shape index (κ1) is 21.0. The van der Waals surface area contributed by atoms with Gasteiger partial charge in [-0.2, -0.15) is 0 Å². The largest absolute Gasteiger partial charge is 0.481 e. The van der Waals surface area contributed by atoms with Crippen molar-refractivity contribution in [2.24, 2.45) is 28.8 Å². The lowest BCUT2D eigenvalue weighted by atomic mass is 9.78. The fraction of sp³-hybridized carbons (Fsp3) is 0.429. The number of allylic oxidation sites excluding steroid dienone is 2. The van der Waals surface area contributed by atoms with Gasteiger partial charge in [-0.05, 0) is 56.3 Å². The molecular formula is C28H31NO3. The Balaban J connectivity index is 1.25. The zero-order valence-electron chi connectivity index (χ0n) is 18.4. The monoisotopic (exact) mass is 429 g/mol. The van der Waals surface area contributed by atoms with E-state index in [-0.39, 0.29) is 6.42 Å². The van der Waals surface area contributed by atoms with Crippen LogP contribution in [0.5, 0.6) is 0 Å². The molecule has 0 aromatic heterocycles. The number of benzene rings is 2. The Morgan fingerprint density at radius 2 is 1.75 bits per heavy atom. The quantitative estimate of drug-likeness (QED) is 0.213. The fourth-order valence-corrected chi connectivity index (χ4v) is 6.11. The Kier molecular flexibility index (Phi) is 5.86. The van der Waals surface area contributed by atoms with Gasteiger partial charge in [0.1, 0.15) is 0 Å². The number of unbranched alkanes of at least 4 members (excludes halogenated alkanes) is 1. The van der Waals surface area contributed by atoms with Crippen LogP contribution in [-0.4, -0.2) is 17.3 Å². The standard InChI is InChI=1S/C28H31NO3/c30-27(31)15-7-2-1-6-12-23-20-16-17-21(18-20)24(23)19-29-32-28(22-10-4-3-5-11-22)25-13-8-9-14-26(25)28/h1,3-6,8-11,13-14,19-21,23-24H,2,7,12,15-18H2,(H,30,31)/b6-1-,29-19+/t20-,21+,23?,24?/m0/s1. The average Bonchev–Trinajstić information content (AvgIpc) is 3.07. The number of hydrogen-bond donors (Lipinski definition) is 1. The Morgan fingerprint density at radius 3 is 2.50 bits per heavy atom. The van der Waals surface area contributed by atoms with Crippen LogP contribution in [0.15, 0.2) is 71.9 Å². The molecule has 1 N–H and O–H groups in total. The zero-order chi connectivity index (χ0) is 22.0. The molecule has 0 heterocycles. The van der Waals surface area contributed by atoms with Crippen LogP contribution in [0.4, 0.5) is 0 Å². The van der Waals surface area contributed by atoms with Crippen LogP contribution in [0.2, 0.25) is 0 Å². The van der Waals surface area contributed by atoms with Crippen LogP contribution in [0.25, 0.3) is 0 Å². The lowest BCUT2D eigenvalue weighted by Gasteiger charge is -2.27. The summed E-state index contributed by atoms with van der Waals surface area (Å²) in [5.41, 5.74) is 3.01. The second-order valence-electron chi connectivity index (χ2n) is 9.51. The lowest BCUT2D eigenvalue weighted by molar-refractivity contribution is -0.137. The molecule has 2 fully saturated rings. The first-order chi connectivity index (χ1) is 15.7. The van der Waals surface area contributed by atoms with E-state index in [0.29, 0.717) is 24.2 Å². The van der Waals surface area contributed by atoms with Crippen LogP contribution in [-0.2, 0) is 15.2 Å². The first-order valence-corrected chi connectivity index (χ1v) is 11.9. The third-order valence-corrected chi connectivity index (χ3v) is 7.72. The Morgan fingerprint density at radius 1 is 1.03 bits per heavy atom. The van der Waals surface area contributed by atoms with Crippen molar-refractivity contribution in [2.45, 2.75) is 50.5 Å². The summed E-state index contributed by atoms with van der Waals surface area (Å²) in [6, 6.07) is 18.8. The third-order valence-electron chi connectivity index (χ3n) is 7.72. The van der Waals surface area contributed by atoms with E-state index in [0.717, 1.165) is 24.3 Å². The second-order valence-corrected chi connectivity index (χ2v) is 9.51. The van der Waals surface area contributed by atoms with E-state index >= 15 is 0 Å². The maximum Gasteiger partial charge on any atom is 0.303 e. The summed E-state index contributed by atoms with van der Waals surface area (Å²) >= 11 is 0. The van der Waals surface area contributed by atoms with Crippen molar-refractivity contribution in [1.29, 1.82) is 0 Å². The molecule has 4 heteroatoms. The minimum Gasteiger partial charge on any atom is -0.481 e. The first-order valence-electron chi connectivity index (χ1n) is 11.9. The molecule has 3 aliphatic rings. The molecule has 2 aromatic carbocycles. The van der Waals surface area contributed by atoms with E-state index in [1.54, 1.807) is 0 Å². The molecule has 4 atom stereocenters. The summed E-state index contributed by atoms with van der Waals surface area (Å²) in [5, 5.41) is 13.4. The van der Waals surface area contributed by atoms with Crippen molar-refractivity contribution in [3.63, 3.8) is 0 Å². The molecule has 166 valence electrons. The van der Waals surface area contributed by atoms with Gasteiger partial charge in [-0.25, -0.2) is 0 Å². The van der Waals surface area contributed by atoms with E-state index in [1.807, 2.05) is 6.07 Å². The highest BCUT2D eigenvalue weighted by Gasteiger charge is 2.55. The third kappa shape index (κ3) is 3.87. The number of carboxylic acid groups (broad SMARTS) is 1. The molecular weight excluding hydrogens is 398 g/mol. The number of rotatable bonds is 10. The lowest BCUT2D eigenvalue weighted by Crippen LogP contribution is -2.23. The van der Waals surface area contributed by atoms with Gasteiger partial charge in [-0.3, -0.25) is 4.79 Å². The summed E-state index contributed by atoms with van der Waals surface area (Å²) in [7, 11) is 0. The maximum atomic E-state index is 10.7. The number of hydrogen-bond acceptors (Lipinski definition) is 3. The summed E-state index contributed by atoms with van der Waals surface area (Å²) in [6.45, 7) is 0.